The normalized spacial score (nSPS) is 16.3. The monoisotopic (exact) mass is 412 g/mol. The van der Waals surface area contributed by atoms with Crippen molar-refractivity contribution in [2.45, 2.75) is 39.2 Å². The van der Waals surface area contributed by atoms with Crippen molar-refractivity contribution in [3.8, 4) is 0 Å². The molecule has 0 spiro atoms. The molecule has 1 N–H and O–H groups in total. The summed E-state index contributed by atoms with van der Waals surface area (Å²) < 4.78 is 9.82. The fourth-order valence-electron chi connectivity index (χ4n) is 3.10. The number of hydrogen-bond acceptors (Lipinski definition) is 7. The predicted octanol–water partition coefficient (Wildman–Crippen LogP) is 1.57. The lowest BCUT2D eigenvalue weighted by atomic mass is 10.2. The molecule has 168 valence electrons. The molecule has 0 aromatic rings. The Morgan fingerprint density at radius 1 is 1.07 bits per heavy atom. The van der Waals surface area contributed by atoms with Gasteiger partial charge in [0.25, 0.3) is 0 Å². The molecule has 0 aliphatic carbocycles. The highest BCUT2D eigenvalue weighted by Gasteiger charge is 2.17. The van der Waals surface area contributed by atoms with Crippen LogP contribution in [0, 0.1) is 0 Å². The van der Waals surface area contributed by atoms with Gasteiger partial charge < -0.3 is 29.5 Å². The molecular weight excluding hydrogens is 372 g/mol. The third kappa shape index (κ3) is 13.2. The molecule has 1 saturated heterocycles. The Bertz CT molecular complexity index is 511. The lowest BCUT2D eigenvalue weighted by Gasteiger charge is -2.35. The maximum atomic E-state index is 11.6. The Balaban J connectivity index is 2.05. The summed E-state index contributed by atoms with van der Waals surface area (Å²) in [6.45, 7) is 14.4. The molecule has 1 heterocycles. The van der Waals surface area contributed by atoms with Crippen LogP contribution in [-0.2, 0) is 14.3 Å². The van der Waals surface area contributed by atoms with Crippen LogP contribution in [0.4, 0.5) is 4.79 Å². The number of alkyl carbamates (subject to hydrolysis) is 1. The molecule has 1 aliphatic heterocycles. The first-order valence-electron chi connectivity index (χ1n) is 10.5. The van der Waals surface area contributed by atoms with E-state index in [4.69, 9.17) is 4.74 Å². The van der Waals surface area contributed by atoms with Gasteiger partial charge in [0.05, 0.1) is 7.11 Å². The van der Waals surface area contributed by atoms with Gasteiger partial charge in [-0.1, -0.05) is 6.08 Å². The molecule has 0 unspecified atom stereocenters. The number of esters is 1. The van der Waals surface area contributed by atoms with Gasteiger partial charge in [0, 0.05) is 45.3 Å². The van der Waals surface area contributed by atoms with Gasteiger partial charge in [-0.2, -0.15) is 0 Å². The number of likely N-dealkylation sites (N-methyl/N-ethyl adjacent to an activating group) is 1. The largest absolute Gasteiger partial charge is 0.466 e. The lowest BCUT2D eigenvalue weighted by Crippen LogP contribution is -2.47. The van der Waals surface area contributed by atoms with Gasteiger partial charge >= 0.3 is 12.1 Å². The van der Waals surface area contributed by atoms with Gasteiger partial charge in [-0.25, -0.2) is 9.59 Å². The van der Waals surface area contributed by atoms with E-state index in [1.54, 1.807) is 0 Å². The van der Waals surface area contributed by atoms with Crippen LogP contribution < -0.4 is 5.32 Å². The number of nitrogens with zero attached hydrogens (tertiary/aromatic N) is 3. The van der Waals surface area contributed by atoms with E-state index in [0.717, 1.165) is 65.2 Å². The average Bonchev–Trinajstić information content (AvgIpc) is 2.65. The van der Waals surface area contributed by atoms with Crippen molar-refractivity contribution in [1.82, 2.24) is 20.0 Å². The van der Waals surface area contributed by atoms with Crippen LogP contribution in [0.1, 0.15) is 33.6 Å². The summed E-state index contributed by atoms with van der Waals surface area (Å²) in [5, 5.41) is 2.82. The predicted molar refractivity (Wildman–Crippen MR) is 115 cm³/mol. The summed E-state index contributed by atoms with van der Waals surface area (Å²) in [4.78, 5) is 29.8. The fraction of sp³-hybridized carbons (Fsp3) is 0.810. The van der Waals surface area contributed by atoms with E-state index >= 15 is 0 Å². The molecule has 0 bridgehead atoms. The Labute approximate surface area is 176 Å². The van der Waals surface area contributed by atoms with Crippen molar-refractivity contribution < 1.29 is 19.1 Å². The summed E-state index contributed by atoms with van der Waals surface area (Å²) in [6.07, 6.45) is 5.01. The molecule has 8 heteroatoms. The molecular formula is C21H40N4O4. The van der Waals surface area contributed by atoms with Crippen molar-refractivity contribution in [3.63, 3.8) is 0 Å². The minimum absolute atomic E-state index is 0.308. The van der Waals surface area contributed by atoms with Gasteiger partial charge in [-0.3, -0.25) is 0 Å². The number of ether oxygens (including phenoxy) is 2. The fourth-order valence-corrected chi connectivity index (χ4v) is 3.10. The first-order valence-corrected chi connectivity index (χ1v) is 10.5. The molecule has 1 fully saturated rings. The topological polar surface area (TPSA) is 74.4 Å². The molecule has 0 aromatic heterocycles. The Morgan fingerprint density at radius 3 is 2.21 bits per heavy atom. The SMILES string of the molecule is COC(=O)/C=C/CN(C)CCCN1CCN(CCCNC(=O)OC(C)(C)C)CC1. The number of carbonyl (C=O) groups excluding carboxylic acids is 2. The molecule has 1 amide bonds. The van der Waals surface area contributed by atoms with Gasteiger partial charge in [-0.05, 0) is 60.3 Å². The highest BCUT2D eigenvalue weighted by atomic mass is 16.6. The minimum Gasteiger partial charge on any atom is -0.466 e. The third-order valence-electron chi connectivity index (χ3n) is 4.67. The van der Waals surface area contributed by atoms with Crippen molar-refractivity contribution in [2.75, 3.05) is 73.1 Å². The second kappa shape index (κ2) is 13.6. The Hall–Kier alpha value is -1.64. The van der Waals surface area contributed by atoms with Crippen LogP contribution in [0.25, 0.3) is 0 Å². The summed E-state index contributed by atoms with van der Waals surface area (Å²) >= 11 is 0. The quantitative estimate of drug-likeness (QED) is 0.314. The Kier molecular flexibility index (Phi) is 11.9. The zero-order valence-corrected chi connectivity index (χ0v) is 18.9. The summed E-state index contributed by atoms with van der Waals surface area (Å²) in [5.74, 6) is -0.308. The number of carbonyl (C=O) groups is 2. The van der Waals surface area contributed by atoms with Crippen LogP contribution >= 0.6 is 0 Å². The van der Waals surface area contributed by atoms with E-state index in [-0.39, 0.29) is 12.1 Å². The Morgan fingerprint density at radius 2 is 1.66 bits per heavy atom. The van der Waals surface area contributed by atoms with E-state index in [0.29, 0.717) is 6.54 Å². The van der Waals surface area contributed by atoms with Gasteiger partial charge in [0.2, 0.25) is 0 Å². The molecule has 0 saturated carbocycles. The number of piperazine rings is 1. The number of hydrogen-bond donors (Lipinski definition) is 1. The molecule has 0 radical (unpaired) electrons. The standard InChI is InChI=1S/C21H40N4O4/c1-21(2,3)29-20(27)22-10-7-13-24-15-17-25(18-16-24)14-8-12-23(4)11-6-9-19(26)28-5/h6,9H,7-8,10-18H2,1-5H3,(H,22,27)/b9-6+. The third-order valence-corrected chi connectivity index (χ3v) is 4.67. The second-order valence-corrected chi connectivity index (χ2v) is 8.51. The summed E-state index contributed by atoms with van der Waals surface area (Å²) in [6, 6.07) is 0. The highest BCUT2D eigenvalue weighted by Crippen LogP contribution is 2.07. The summed E-state index contributed by atoms with van der Waals surface area (Å²) in [5.41, 5.74) is -0.449. The van der Waals surface area contributed by atoms with Crippen LogP contribution in [0.3, 0.4) is 0 Å². The zero-order valence-electron chi connectivity index (χ0n) is 18.9. The van der Waals surface area contributed by atoms with Gasteiger partial charge in [-0.15, -0.1) is 0 Å². The maximum absolute atomic E-state index is 11.6. The van der Waals surface area contributed by atoms with Crippen molar-refractivity contribution in [1.29, 1.82) is 0 Å². The number of amides is 1. The van der Waals surface area contributed by atoms with Crippen LogP contribution in [0.2, 0.25) is 0 Å². The number of nitrogens with one attached hydrogen (secondary N) is 1. The van der Waals surface area contributed by atoms with Crippen molar-refractivity contribution in [2.24, 2.45) is 0 Å². The number of rotatable bonds is 11. The van der Waals surface area contributed by atoms with Crippen LogP contribution in [0.15, 0.2) is 12.2 Å². The molecule has 1 rings (SSSR count). The highest BCUT2D eigenvalue weighted by molar-refractivity contribution is 5.81. The first kappa shape index (κ1) is 25.4. The van der Waals surface area contributed by atoms with E-state index in [9.17, 15) is 9.59 Å². The maximum Gasteiger partial charge on any atom is 0.407 e. The molecule has 0 aromatic carbocycles. The second-order valence-electron chi connectivity index (χ2n) is 8.51. The van der Waals surface area contributed by atoms with Crippen LogP contribution in [-0.4, -0.2) is 105 Å². The van der Waals surface area contributed by atoms with E-state index in [1.165, 1.54) is 13.2 Å². The van der Waals surface area contributed by atoms with E-state index < -0.39 is 5.60 Å². The minimum atomic E-state index is -0.449. The van der Waals surface area contributed by atoms with Crippen molar-refractivity contribution in [3.05, 3.63) is 12.2 Å². The summed E-state index contributed by atoms with van der Waals surface area (Å²) in [7, 11) is 3.45. The smallest absolute Gasteiger partial charge is 0.407 e. The van der Waals surface area contributed by atoms with Crippen molar-refractivity contribution >= 4 is 12.1 Å². The van der Waals surface area contributed by atoms with Gasteiger partial charge in [0.15, 0.2) is 0 Å². The van der Waals surface area contributed by atoms with Gasteiger partial charge in [0.1, 0.15) is 5.60 Å². The lowest BCUT2D eigenvalue weighted by molar-refractivity contribution is -0.134. The van der Waals surface area contributed by atoms with Crippen LogP contribution in [0.5, 0.6) is 0 Å². The van der Waals surface area contributed by atoms with E-state index in [2.05, 4.69) is 31.8 Å². The first-order chi connectivity index (χ1) is 13.7. The molecule has 0 atom stereocenters. The average molecular weight is 413 g/mol. The molecule has 29 heavy (non-hydrogen) atoms. The van der Waals surface area contributed by atoms with E-state index in [1.807, 2.05) is 26.8 Å². The zero-order chi connectivity index (χ0) is 21.7. The molecule has 8 nitrogen and oxygen atoms in total. The number of methoxy groups -OCH3 is 1. The molecule has 1 aliphatic rings.